The van der Waals surface area contributed by atoms with E-state index in [1.54, 1.807) is 17.3 Å². The average Bonchev–Trinajstić information content (AvgIpc) is 3.21. The van der Waals surface area contributed by atoms with E-state index in [1.807, 2.05) is 18.2 Å². The number of rotatable bonds is 3. The molecule has 1 aliphatic rings. The number of nitrogens with zero attached hydrogens (tertiary/aromatic N) is 4. The Morgan fingerprint density at radius 1 is 1.04 bits per heavy atom. The molecule has 0 saturated carbocycles. The van der Waals surface area contributed by atoms with Crippen LogP contribution >= 0.6 is 0 Å². The molecule has 0 bridgehead atoms. The number of halogens is 2. The monoisotopic (exact) mass is 384 g/mol. The SMILES string of the molecule is O=C(Nc1ccc(F)cc1F)N1CCN(c2cc(-c3ccncc3)[nH]n2)CC1. The van der Waals surface area contributed by atoms with E-state index in [4.69, 9.17) is 0 Å². The molecule has 0 unspecified atom stereocenters. The summed E-state index contributed by atoms with van der Waals surface area (Å²) in [6.07, 6.45) is 3.44. The number of urea groups is 1. The van der Waals surface area contributed by atoms with Gasteiger partial charge >= 0.3 is 6.03 Å². The number of carbonyl (C=O) groups excluding carboxylic acids is 1. The second-order valence-electron chi connectivity index (χ2n) is 6.40. The highest BCUT2D eigenvalue weighted by molar-refractivity contribution is 5.89. The van der Waals surface area contributed by atoms with E-state index in [-0.39, 0.29) is 5.69 Å². The topological polar surface area (TPSA) is 77.2 Å². The third-order valence-electron chi connectivity index (χ3n) is 4.62. The summed E-state index contributed by atoms with van der Waals surface area (Å²) in [5.41, 5.74) is 1.85. The molecule has 2 amide bonds. The number of amides is 2. The Hall–Kier alpha value is -3.49. The highest BCUT2D eigenvalue weighted by Crippen LogP contribution is 2.22. The Morgan fingerprint density at radius 3 is 2.50 bits per heavy atom. The normalized spacial score (nSPS) is 14.2. The van der Waals surface area contributed by atoms with Gasteiger partial charge in [0.1, 0.15) is 11.6 Å². The molecule has 144 valence electrons. The second-order valence-corrected chi connectivity index (χ2v) is 6.40. The molecule has 0 aliphatic carbocycles. The van der Waals surface area contributed by atoms with Crippen LogP contribution in [0.4, 0.5) is 25.1 Å². The van der Waals surface area contributed by atoms with Crippen LogP contribution in [0.15, 0.2) is 48.8 Å². The van der Waals surface area contributed by atoms with Crippen LogP contribution in [-0.4, -0.2) is 52.3 Å². The molecule has 0 radical (unpaired) electrons. The van der Waals surface area contributed by atoms with Crippen molar-refractivity contribution in [1.82, 2.24) is 20.1 Å². The summed E-state index contributed by atoms with van der Waals surface area (Å²) in [6, 6.07) is 8.40. The van der Waals surface area contributed by atoms with E-state index in [2.05, 4.69) is 25.4 Å². The number of carbonyl (C=O) groups is 1. The zero-order valence-corrected chi connectivity index (χ0v) is 14.9. The number of hydrogen-bond acceptors (Lipinski definition) is 4. The maximum absolute atomic E-state index is 13.7. The van der Waals surface area contributed by atoms with Gasteiger partial charge in [0, 0.05) is 56.3 Å². The number of piperazine rings is 1. The summed E-state index contributed by atoms with van der Waals surface area (Å²) in [4.78, 5) is 20.0. The van der Waals surface area contributed by atoms with Crippen molar-refractivity contribution in [3.05, 3.63) is 60.4 Å². The van der Waals surface area contributed by atoms with Gasteiger partial charge < -0.3 is 15.1 Å². The quantitative estimate of drug-likeness (QED) is 0.728. The molecule has 28 heavy (non-hydrogen) atoms. The standard InChI is InChI=1S/C19H18F2N6O/c20-14-1-2-16(15(21)11-14)23-19(28)27-9-7-26(8-10-27)18-12-17(24-25-18)13-3-5-22-6-4-13/h1-6,11-12H,7-10H2,(H,23,28)(H,24,25). The van der Waals surface area contributed by atoms with Crippen molar-refractivity contribution in [2.75, 3.05) is 36.4 Å². The molecule has 2 aromatic heterocycles. The smallest absolute Gasteiger partial charge is 0.322 e. The molecule has 1 fully saturated rings. The lowest BCUT2D eigenvalue weighted by molar-refractivity contribution is 0.208. The molecule has 7 nitrogen and oxygen atoms in total. The number of hydrogen-bond donors (Lipinski definition) is 2. The molecular weight excluding hydrogens is 366 g/mol. The average molecular weight is 384 g/mol. The molecule has 3 heterocycles. The summed E-state index contributed by atoms with van der Waals surface area (Å²) in [5.74, 6) is -0.683. The number of benzene rings is 1. The summed E-state index contributed by atoms with van der Waals surface area (Å²) >= 11 is 0. The van der Waals surface area contributed by atoms with E-state index in [1.165, 1.54) is 6.07 Å². The number of nitrogens with one attached hydrogen (secondary N) is 2. The predicted molar refractivity (Wildman–Crippen MR) is 101 cm³/mol. The van der Waals surface area contributed by atoms with Crippen LogP contribution < -0.4 is 10.2 Å². The Bertz CT molecular complexity index is 970. The van der Waals surface area contributed by atoms with Gasteiger partial charge in [-0.3, -0.25) is 10.1 Å². The molecule has 1 aliphatic heterocycles. The van der Waals surface area contributed by atoms with Gasteiger partial charge in [-0.1, -0.05) is 0 Å². The Kier molecular flexibility index (Phi) is 4.88. The van der Waals surface area contributed by atoms with Gasteiger partial charge in [0.15, 0.2) is 5.82 Å². The van der Waals surface area contributed by atoms with Crippen molar-refractivity contribution in [3.8, 4) is 11.3 Å². The third kappa shape index (κ3) is 3.78. The summed E-state index contributed by atoms with van der Waals surface area (Å²) < 4.78 is 26.7. The van der Waals surface area contributed by atoms with Crippen LogP contribution in [0, 0.1) is 11.6 Å². The van der Waals surface area contributed by atoms with Crippen molar-refractivity contribution in [1.29, 1.82) is 0 Å². The van der Waals surface area contributed by atoms with Crippen LogP contribution in [0.2, 0.25) is 0 Å². The van der Waals surface area contributed by atoms with E-state index in [9.17, 15) is 13.6 Å². The minimum Gasteiger partial charge on any atom is -0.352 e. The van der Waals surface area contributed by atoms with E-state index in [0.717, 1.165) is 29.2 Å². The fourth-order valence-electron chi connectivity index (χ4n) is 3.08. The second kappa shape index (κ2) is 7.63. The van der Waals surface area contributed by atoms with Gasteiger partial charge in [-0.2, -0.15) is 5.10 Å². The molecule has 3 aromatic rings. The molecule has 1 aromatic carbocycles. The molecule has 0 atom stereocenters. The van der Waals surface area contributed by atoms with Crippen molar-refractivity contribution in [3.63, 3.8) is 0 Å². The zero-order valence-electron chi connectivity index (χ0n) is 14.9. The van der Waals surface area contributed by atoms with Gasteiger partial charge in [-0.25, -0.2) is 13.6 Å². The van der Waals surface area contributed by atoms with Gasteiger partial charge in [0.2, 0.25) is 0 Å². The van der Waals surface area contributed by atoms with Crippen molar-refractivity contribution < 1.29 is 13.6 Å². The lowest BCUT2D eigenvalue weighted by atomic mass is 10.2. The minimum atomic E-state index is -0.799. The molecular formula is C19H18F2N6O. The number of pyridine rings is 1. The fourth-order valence-corrected chi connectivity index (χ4v) is 3.08. The Labute approximate surface area is 160 Å². The van der Waals surface area contributed by atoms with Crippen molar-refractivity contribution in [2.24, 2.45) is 0 Å². The molecule has 9 heteroatoms. The number of anilines is 2. The van der Waals surface area contributed by atoms with Crippen LogP contribution in [-0.2, 0) is 0 Å². The first-order chi connectivity index (χ1) is 13.6. The van der Waals surface area contributed by atoms with Crippen LogP contribution in [0.25, 0.3) is 11.3 Å². The summed E-state index contributed by atoms with van der Waals surface area (Å²) in [5, 5.41) is 9.85. The van der Waals surface area contributed by atoms with E-state index >= 15 is 0 Å². The lowest BCUT2D eigenvalue weighted by Gasteiger charge is -2.34. The first-order valence-corrected chi connectivity index (χ1v) is 8.82. The molecule has 2 N–H and O–H groups in total. The summed E-state index contributed by atoms with van der Waals surface area (Å²) in [6.45, 7) is 2.12. The first-order valence-electron chi connectivity index (χ1n) is 8.82. The predicted octanol–water partition coefficient (Wildman–Crippen LogP) is 3.10. The Balaban J connectivity index is 1.35. The molecule has 1 saturated heterocycles. The maximum Gasteiger partial charge on any atom is 0.322 e. The van der Waals surface area contributed by atoms with Crippen LogP contribution in [0.1, 0.15) is 0 Å². The van der Waals surface area contributed by atoms with Crippen LogP contribution in [0.3, 0.4) is 0 Å². The Morgan fingerprint density at radius 2 is 1.79 bits per heavy atom. The number of H-pyrrole nitrogens is 1. The highest BCUT2D eigenvalue weighted by atomic mass is 19.1. The lowest BCUT2D eigenvalue weighted by Crippen LogP contribution is -2.50. The zero-order chi connectivity index (χ0) is 19.5. The number of aromatic nitrogens is 3. The minimum absolute atomic E-state index is 0.0388. The van der Waals surface area contributed by atoms with Gasteiger partial charge in [0.05, 0.1) is 11.4 Å². The van der Waals surface area contributed by atoms with Gasteiger partial charge in [-0.15, -0.1) is 0 Å². The van der Waals surface area contributed by atoms with E-state index < -0.39 is 17.7 Å². The number of aromatic amines is 1. The highest BCUT2D eigenvalue weighted by Gasteiger charge is 2.23. The third-order valence-corrected chi connectivity index (χ3v) is 4.62. The fraction of sp³-hybridized carbons (Fsp3) is 0.211. The van der Waals surface area contributed by atoms with Crippen molar-refractivity contribution in [2.45, 2.75) is 0 Å². The van der Waals surface area contributed by atoms with Gasteiger partial charge in [-0.05, 0) is 24.3 Å². The molecule has 4 rings (SSSR count). The summed E-state index contributed by atoms with van der Waals surface area (Å²) in [7, 11) is 0. The maximum atomic E-state index is 13.7. The van der Waals surface area contributed by atoms with Crippen molar-refractivity contribution >= 4 is 17.5 Å². The van der Waals surface area contributed by atoms with Gasteiger partial charge in [0.25, 0.3) is 0 Å². The first kappa shape index (κ1) is 17.9. The molecule has 0 spiro atoms. The van der Waals surface area contributed by atoms with E-state index in [0.29, 0.717) is 26.2 Å². The largest absolute Gasteiger partial charge is 0.352 e. The van der Waals surface area contributed by atoms with Crippen LogP contribution in [0.5, 0.6) is 0 Å².